The summed E-state index contributed by atoms with van der Waals surface area (Å²) < 4.78 is 5.63. The Kier molecular flexibility index (Phi) is 5.89. The third kappa shape index (κ3) is 4.85. The summed E-state index contributed by atoms with van der Waals surface area (Å²) in [6.07, 6.45) is 0. The van der Waals surface area contributed by atoms with E-state index in [4.69, 9.17) is 4.74 Å². The van der Waals surface area contributed by atoms with Crippen LogP contribution in [-0.2, 0) is 0 Å². The van der Waals surface area contributed by atoms with E-state index in [1.807, 2.05) is 57.2 Å². The van der Waals surface area contributed by atoms with Crippen LogP contribution in [-0.4, -0.2) is 22.5 Å². The molecule has 0 fully saturated rings. The number of benzene rings is 2. The number of aromatic nitrogens is 2. The lowest BCUT2D eigenvalue weighted by atomic mass is 10.1. The van der Waals surface area contributed by atoms with Crippen LogP contribution in [0.1, 0.15) is 34.4 Å². The van der Waals surface area contributed by atoms with Gasteiger partial charge in [0, 0.05) is 11.8 Å². The molecule has 1 aromatic heterocycles. The predicted molar refractivity (Wildman–Crippen MR) is 112 cm³/mol. The topological polar surface area (TPSA) is 76.1 Å². The van der Waals surface area contributed by atoms with Crippen molar-refractivity contribution < 1.29 is 9.53 Å². The molecule has 1 amide bonds. The number of aryl methyl sites for hydroxylation is 3. The summed E-state index contributed by atoms with van der Waals surface area (Å²) in [5, 5.41) is 6.13. The van der Waals surface area contributed by atoms with E-state index < -0.39 is 0 Å². The zero-order valence-corrected chi connectivity index (χ0v) is 16.5. The first-order valence-corrected chi connectivity index (χ1v) is 9.19. The summed E-state index contributed by atoms with van der Waals surface area (Å²) in [4.78, 5) is 21.4. The SMILES string of the molecule is CCOc1ccccc1Nc1cc(C(=O)Nc2cc(C)cc(C)c2)nc(C)n1. The van der Waals surface area contributed by atoms with E-state index in [-0.39, 0.29) is 5.91 Å². The molecular weight excluding hydrogens is 352 g/mol. The Hall–Kier alpha value is -3.41. The largest absolute Gasteiger partial charge is 0.492 e. The lowest BCUT2D eigenvalue weighted by Crippen LogP contribution is -2.15. The Bertz CT molecular complexity index is 981. The van der Waals surface area contributed by atoms with Gasteiger partial charge in [0.2, 0.25) is 0 Å². The number of anilines is 3. The summed E-state index contributed by atoms with van der Waals surface area (Å²) in [6, 6.07) is 15.1. The van der Waals surface area contributed by atoms with Crippen molar-refractivity contribution in [2.45, 2.75) is 27.7 Å². The molecule has 0 aliphatic carbocycles. The number of para-hydroxylation sites is 2. The second kappa shape index (κ2) is 8.52. The van der Waals surface area contributed by atoms with E-state index in [9.17, 15) is 4.79 Å². The van der Waals surface area contributed by atoms with Gasteiger partial charge in [-0.1, -0.05) is 18.2 Å². The van der Waals surface area contributed by atoms with Gasteiger partial charge in [-0.05, 0) is 63.1 Å². The lowest BCUT2D eigenvalue weighted by Gasteiger charge is -2.13. The maximum atomic E-state index is 12.7. The average molecular weight is 376 g/mol. The van der Waals surface area contributed by atoms with Crippen molar-refractivity contribution >= 4 is 23.1 Å². The fourth-order valence-corrected chi connectivity index (χ4v) is 2.98. The van der Waals surface area contributed by atoms with Gasteiger partial charge in [0.1, 0.15) is 23.1 Å². The summed E-state index contributed by atoms with van der Waals surface area (Å²) in [5.41, 5.74) is 3.99. The van der Waals surface area contributed by atoms with Crippen molar-refractivity contribution in [2.24, 2.45) is 0 Å². The maximum Gasteiger partial charge on any atom is 0.274 e. The minimum atomic E-state index is -0.281. The van der Waals surface area contributed by atoms with Crippen LogP contribution in [0.15, 0.2) is 48.5 Å². The molecule has 0 atom stereocenters. The average Bonchev–Trinajstić information content (AvgIpc) is 2.62. The number of ether oxygens (including phenoxy) is 1. The lowest BCUT2D eigenvalue weighted by molar-refractivity contribution is 0.102. The number of amides is 1. The van der Waals surface area contributed by atoms with Crippen LogP contribution in [0.2, 0.25) is 0 Å². The highest BCUT2D eigenvalue weighted by atomic mass is 16.5. The van der Waals surface area contributed by atoms with E-state index in [1.54, 1.807) is 13.0 Å². The summed E-state index contributed by atoms with van der Waals surface area (Å²) >= 11 is 0. The quantitative estimate of drug-likeness (QED) is 0.646. The highest BCUT2D eigenvalue weighted by molar-refractivity contribution is 6.03. The fraction of sp³-hybridized carbons (Fsp3) is 0.227. The molecule has 0 saturated heterocycles. The number of nitrogens with one attached hydrogen (secondary N) is 2. The Morgan fingerprint density at radius 1 is 1.00 bits per heavy atom. The van der Waals surface area contributed by atoms with Gasteiger partial charge in [-0.3, -0.25) is 4.79 Å². The molecule has 2 N–H and O–H groups in total. The molecule has 1 heterocycles. The minimum Gasteiger partial charge on any atom is -0.492 e. The van der Waals surface area contributed by atoms with Crippen molar-refractivity contribution in [1.29, 1.82) is 0 Å². The fourth-order valence-electron chi connectivity index (χ4n) is 2.98. The molecule has 3 aromatic rings. The molecule has 6 heteroatoms. The van der Waals surface area contributed by atoms with Gasteiger partial charge in [-0.25, -0.2) is 9.97 Å². The van der Waals surface area contributed by atoms with E-state index in [2.05, 4.69) is 26.7 Å². The van der Waals surface area contributed by atoms with Crippen molar-refractivity contribution in [3.63, 3.8) is 0 Å². The summed E-state index contributed by atoms with van der Waals surface area (Å²) in [7, 11) is 0. The highest BCUT2D eigenvalue weighted by Crippen LogP contribution is 2.27. The monoisotopic (exact) mass is 376 g/mol. The van der Waals surface area contributed by atoms with Crippen LogP contribution < -0.4 is 15.4 Å². The van der Waals surface area contributed by atoms with Gasteiger partial charge in [0.25, 0.3) is 5.91 Å². The van der Waals surface area contributed by atoms with E-state index in [1.165, 1.54) is 0 Å². The summed E-state index contributed by atoms with van der Waals surface area (Å²) in [5.74, 6) is 1.48. The van der Waals surface area contributed by atoms with Gasteiger partial charge in [-0.2, -0.15) is 0 Å². The van der Waals surface area contributed by atoms with Crippen molar-refractivity contribution in [3.8, 4) is 5.75 Å². The van der Waals surface area contributed by atoms with Crippen LogP contribution in [0.5, 0.6) is 5.75 Å². The van der Waals surface area contributed by atoms with Gasteiger partial charge in [0.05, 0.1) is 12.3 Å². The van der Waals surface area contributed by atoms with Gasteiger partial charge in [0.15, 0.2) is 0 Å². The van der Waals surface area contributed by atoms with Crippen molar-refractivity contribution in [3.05, 3.63) is 71.2 Å². The Morgan fingerprint density at radius 3 is 2.43 bits per heavy atom. The van der Waals surface area contributed by atoms with E-state index in [0.717, 1.165) is 28.3 Å². The second-order valence-corrected chi connectivity index (χ2v) is 6.57. The molecule has 144 valence electrons. The molecule has 28 heavy (non-hydrogen) atoms. The van der Waals surface area contributed by atoms with E-state index in [0.29, 0.717) is 23.9 Å². The van der Waals surface area contributed by atoms with Crippen LogP contribution in [0.4, 0.5) is 17.2 Å². The number of carbonyl (C=O) groups excluding carboxylic acids is 1. The Balaban J connectivity index is 1.84. The number of hydrogen-bond acceptors (Lipinski definition) is 5. The summed E-state index contributed by atoms with van der Waals surface area (Å²) in [6.45, 7) is 8.24. The number of nitrogens with zero attached hydrogens (tertiary/aromatic N) is 2. The molecule has 0 saturated carbocycles. The third-order valence-electron chi connectivity index (χ3n) is 4.00. The number of hydrogen-bond donors (Lipinski definition) is 2. The first kappa shape index (κ1) is 19.4. The van der Waals surface area contributed by atoms with Crippen LogP contribution in [0, 0.1) is 20.8 Å². The highest BCUT2D eigenvalue weighted by Gasteiger charge is 2.13. The normalized spacial score (nSPS) is 10.4. The maximum absolute atomic E-state index is 12.7. The molecule has 0 unspecified atom stereocenters. The molecule has 0 spiro atoms. The molecule has 0 aliphatic heterocycles. The third-order valence-corrected chi connectivity index (χ3v) is 4.00. The molecule has 0 radical (unpaired) electrons. The molecular formula is C22H24N4O2. The standard InChI is InChI=1S/C22H24N4O2/c1-5-28-20-9-7-6-8-18(20)26-21-13-19(23-16(4)24-21)22(27)25-17-11-14(2)10-15(3)12-17/h6-13H,5H2,1-4H3,(H,25,27)(H,23,24,26). The number of carbonyl (C=O) groups is 1. The van der Waals surface area contributed by atoms with E-state index >= 15 is 0 Å². The Morgan fingerprint density at radius 2 is 1.71 bits per heavy atom. The molecule has 0 aliphatic rings. The molecule has 3 rings (SSSR count). The van der Waals surface area contributed by atoms with Crippen LogP contribution in [0.25, 0.3) is 0 Å². The Labute approximate surface area is 165 Å². The molecule has 6 nitrogen and oxygen atoms in total. The predicted octanol–water partition coefficient (Wildman–Crippen LogP) is 4.80. The van der Waals surface area contributed by atoms with Gasteiger partial charge in [-0.15, -0.1) is 0 Å². The first-order valence-electron chi connectivity index (χ1n) is 9.19. The second-order valence-electron chi connectivity index (χ2n) is 6.57. The van der Waals surface area contributed by atoms with Crippen LogP contribution >= 0.6 is 0 Å². The zero-order valence-electron chi connectivity index (χ0n) is 16.5. The van der Waals surface area contributed by atoms with Crippen LogP contribution in [0.3, 0.4) is 0 Å². The van der Waals surface area contributed by atoms with Crippen molar-refractivity contribution in [2.75, 3.05) is 17.2 Å². The zero-order chi connectivity index (χ0) is 20.1. The smallest absolute Gasteiger partial charge is 0.274 e. The molecule has 2 aromatic carbocycles. The van der Waals surface area contributed by atoms with Gasteiger partial charge >= 0.3 is 0 Å². The minimum absolute atomic E-state index is 0.281. The molecule has 0 bridgehead atoms. The number of rotatable bonds is 6. The van der Waals surface area contributed by atoms with Crippen molar-refractivity contribution in [1.82, 2.24) is 9.97 Å². The van der Waals surface area contributed by atoms with Gasteiger partial charge < -0.3 is 15.4 Å². The first-order chi connectivity index (χ1) is 13.4.